The van der Waals surface area contributed by atoms with E-state index in [1.54, 1.807) is 0 Å². The Morgan fingerprint density at radius 2 is 1.86 bits per heavy atom. The minimum atomic E-state index is -4.53. The monoisotopic (exact) mass is 399 g/mol. The zero-order chi connectivity index (χ0) is 20.3. The molecule has 1 N–H and O–H groups in total. The predicted octanol–water partition coefficient (Wildman–Crippen LogP) is 4.06. The number of rotatable bonds is 6. The highest BCUT2D eigenvalue weighted by molar-refractivity contribution is 5.96. The first-order valence-electron chi connectivity index (χ1n) is 9.47. The van der Waals surface area contributed by atoms with E-state index in [1.807, 2.05) is 0 Å². The van der Waals surface area contributed by atoms with E-state index in [4.69, 9.17) is 9.47 Å². The van der Waals surface area contributed by atoms with Crippen LogP contribution in [0.2, 0.25) is 0 Å². The molecule has 1 aromatic rings. The van der Waals surface area contributed by atoms with E-state index in [0.29, 0.717) is 12.8 Å². The summed E-state index contributed by atoms with van der Waals surface area (Å²) in [5.41, 5.74) is -0.879. The zero-order valence-electron chi connectivity index (χ0n) is 15.7. The number of ether oxygens (including phenoxy) is 2. The number of methoxy groups -OCH3 is 1. The van der Waals surface area contributed by atoms with Gasteiger partial charge < -0.3 is 14.8 Å². The lowest BCUT2D eigenvalue weighted by Crippen LogP contribution is -2.40. The molecule has 0 radical (unpaired) electrons. The van der Waals surface area contributed by atoms with Gasteiger partial charge in [0.2, 0.25) is 5.91 Å². The Morgan fingerprint density at radius 3 is 2.46 bits per heavy atom. The minimum absolute atomic E-state index is 0.0158. The fourth-order valence-corrected chi connectivity index (χ4v) is 4.09. The maximum atomic E-state index is 13.1. The van der Waals surface area contributed by atoms with E-state index >= 15 is 0 Å². The molecule has 5 nitrogen and oxygen atoms in total. The quantitative estimate of drug-likeness (QED) is 0.733. The first-order valence-corrected chi connectivity index (χ1v) is 9.47. The minimum Gasteiger partial charge on any atom is -0.489 e. The van der Waals surface area contributed by atoms with Crippen molar-refractivity contribution in [2.24, 2.45) is 17.8 Å². The molecule has 1 amide bonds. The molecular weight excluding hydrogens is 375 g/mol. The number of carbonyl (C=O) groups excluding carboxylic acids is 2. The van der Waals surface area contributed by atoms with Crippen LogP contribution in [0.15, 0.2) is 18.2 Å². The second kappa shape index (κ2) is 8.51. The molecule has 2 aliphatic carbocycles. The molecule has 0 heterocycles. The van der Waals surface area contributed by atoms with Gasteiger partial charge >= 0.3 is 6.18 Å². The Hall–Kier alpha value is -2.09. The number of carbonyl (C=O) groups is 2. The van der Waals surface area contributed by atoms with Crippen LogP contribution in [0.5, 0.6) is 5.75 Å². The van der Waals surface area contributed by atoms with Crippen LogP contribution in [0.1, 0.15) is 37.7 Å². The van der Waals surface area contributed by atoms with Crippen LogP contribution in [0.4, 0.5) is 18.9 Å². The van der Waals surface area contributed by atoms with E-state index in [0.717, 1.165) is 31.4 Å². The lowest BCUT2D eigenvalue weighted by molar-refractivity contribution is -0.138. The molecule has 2 bridgehead atoms. The SMILES string of the molecule is COCCOc1ccc(C(F)(F)F)cc1NC(=O)C1CC2CCCC(C1)C2=O. The van der Waals surface area contributed by atoms with Gasteiger partial charge in [-0.25, -0.2) is 0 Å². The molecule has 3 rings (SSSR count). The summed E-state index contributed by atoms with van der Waals surface area (Å²) in [6.07, 6.45) is -1.05. The second-order valence-electron chi connectivity index (χ2n) is 7.43. The molecule has 2 saturated carbocycles. The maximum absolute atomic E-state index is 13.1. The Balaban J connectivity index is 1.77. The fraction of sp³-hybridized carbons (Fsp3) is 0.600. The zero-order valence-corrected chi connectivity index (χ0v) is 15.7. The van der Waals surface area contributed by atoms with Crippen molar-refractivity contribution in [2.75, 3.05) is 25.6 Å². The molecule has 2 fully saturated rings. The summed E-state index contributed by atoms with van der Waals surface area (Å²) in [6, 6.07) is 3.00. The number of anilines is 1. The average molecular weight is 399 g/mol. The summed E-state index contributed by atoms with van der Waals surface area (Å²) in [6.45, 7) is 0.412. The van der Waals surface area contributed by atoms with Crippen molar-refractivity contribution in [3.05, 3.63) is 23.8 Å². The number of ketones is 1. The van der Waals surface area contributed by atoms with Crippen molar-refractivity contribution in [3.63, 3.8) is 0 Å². The first-order chi connectivity index (χ1) is 13.3. The van der Waals surface area contributed by atoms with E-state index in [1.165, 1.54) is 13.2 Å². The second-order valence-corrected chi connectivity index (χ2v) is 7.43. The number of nitrogens with one attached hydrogen (secondary N) is 1. The summed E-state index contributed by atoms with van der Waals surface area (Å²) in [5, 5.41) is 2.61. The van der Waals surface area contributed by atoms with Crippen LogP contribution in [0.3, 0.4) is 0 Å². The Kier molecular flexibility index (Phi) is 6.27. The topological polar surface area (TPSA) is 64.6 Å². The molecule has 2 atom stereocenters. The number of amides is 1. The molecule has 1 aromatic carbocycles. The highest BCUT2D eigenvalue weighted by atomic mass is 19.4. The van der Waals surface area contributed by atoms with Crippen molar-refractivity contribution in [1.29, 1.82) is 0 Å². The number of alkyl halides is 3. The summed E-state index contributed by atoms with van der Waals surface area (Å²) in [5.74, 6) is -0.567. The van der Waals surface area contributed by atoms with Crippen LogP contribution in [0.25, 0.3) is 0 Å². The largest absolute Gasteiger partial charge is 0.489 e. The summed E-state index contributed by atoms with van der Waals surface area (Å²) in [4.78, 5) is 25.0. The van der Waals surface area contributed by atoms with Crippen molar-refractivity contribution in [1.82, 2.24) is 0 Å². The molecule has 8 heteroatoms. The maximum Gasteiger partial charge on any atom is 0.416 e. The number of Topliss-reactive ketones (excluding diaryl/α,β-unsaturated/α-hetero) is 1. The number of fused-ring (bicyclic) bond motifs is 2. The Morgan fingerprint density at radius 1 is 1.18 bits per heavy atom. The molecular formula is C20H24F3NO4. The highest BCUT2D eigenvalue weighted by Crippen LogP contribution is 2.41. The molecule has 0 aliphatic heterocycles. The number of halogens is 3. The Bertz CT molecular complexity index is 719. The van der Waals surface area contributed by atoms with Gasteiger partial charge in [-0.2, -0.15) is 13.2 Å². The first kappa shape index (κ1) is 20.6. The van der Waals surface area contributed by atoms with Gasteiger partial charge in [-0.15, -0.1) is 0 Å². The van der Waals surface area contributed by atoms with E-state index in [-0.39, 0.29) is 54.1 Å². The van der Waals surface area contributed by atoms with Crippen molar-refractivity contribution >= 4 is 17.4 Å². The van der Waals surface area contributed by atoms with Gasteiger partial charge in [0.1, 0.15) is 18.1 Å². The van der Waals surface area contributed by atoms with Crippen molar-refractivity contribution in [3.8, 4) is 5.75 Å². The van der Waals surface area contributed by atoms with Gasteiger partial charge in [-0.05, 0) is 43.9 Å². The number of benzene rings is 1. The van der Waals surface area contributed by atoms with Gasteiger partial charge in [0.15, 0.2) is 0 Å². The normalized spacial score (nSPS) is 24.7. The van der Waals surface area contributed by atoms with Crippen LogP contribution in [0, 0.1) is 17.8 Å². The molecule has 0 aromatic heterocycles. The van der Waals surface area contributed by atoms with Gasteiger partial charge in [0, 0.05) is 24.9 Å². The van der Waals surface area contributed by atoms with E-state index in [2.05, 4.69) is 5.32 Å². The van der Waals surface area contributed by atoms with Crippen LogP contribution in [-0.2, 0) is 20.5 Å². The predicted molar refractivity (Wildman–Crippen MR) is 96.0 cm³/mol. The molecule has 0 spiro atoms. The number of hydrogen-bond acceptors (Lipinski definition) is 4. The molecule has 2 aliphatic rings. The Labute approximate surface area is 161 Å². The lowest BCUT2D eigenvalue weighted by Gasteiger charge is -2.37. The van der Waals surface area contributed by atoms with Crippen LogP contribution in [-0.4, -0.2) is 32.0 Å². The standard InChI is InChI=1S/C20H24F3NO4/c1-27-7-8-28-17-6-5-15(20(21,22)23)11-16(17)24-19(26)14-9-12-3-2-4-13(10-14)18(12)25/h5-6,11-14H,2-4,7-10H2,1H3,(H,24,26). The summed E-state index contributed by atoms with van der Waals surface area (Å²) in [7, 11) is 1.49. The van der Waals surface area contributed by atoms with Gasteiger partial charge in [-0.1, -0.05) is 6.42 Å². The van der Waals surface area contributed by atoms with Crippen molar-refractivity contribution < 1.29 is 32.2 Å². The third kappa shape index (κ3) is 4.66. The molecule has 154 valence electrons. The third-order valence-electron chi connectivity index (χ3n) is 5.53. The molecule has 0 saturated heterocycles. The van der Waals surface area contributed by atoms with Crippen molar-refractivity contribution in [2.45, 2.75) is 38.3 Å². The highest BCUT2D eigenvalue weighted by Gasteiger charge is 2.41. The molecule has 28 heavy (non-hydrogen) atoms. The van der Waals surface area contributed by atoms with Crippen LogP contribution >= 0.6 is 0 Å². The summed E-state index contributed by atoms with van der Waals surface area (Å²) >= 11 is 0. The van der Waals surface area contributed by atoms with Gasteiger partial charge in [0.25, 0.3) is 0 Å². The van der Waals surface area contributed by atoms with E-state index < -0.39 is 11.7 Å². The van der Waals surface area contributed by atoms with E-state index in [9.17, 15) is 22.8 Å². The average Bonchev–Trinajstić information content (AvgIpc) is 2.62. The van der Waals surface area contributed by atoms with Crippen LogP contribution < -0.4 is 10.1 Å². The third-order valence-corrected chi connectivity index (χ3v) is 5.53. The fourth-order valence-electron chi connectivity index (χ4n) is 4.09. The van der Waals surface area contributed by atoms with Gasteiger partial charge in [-0.3, -0.25) is 9.59 Å². The smallest absolute Gasteiger partial charge is 0.416 e. The number of hydrogen-bond donors (Lipinski definition) is 1. The molecule has 2 unspecified atom stereocenters. The lowest BCUT2D eigenvalue weighted by atomic mass is 9.67. The summed E-state index contributed by atoms with van der Waals surface area (Å²) < 4.78 is 49.6. The van der Waals surface area contributed by atoms with Gasteiger partial charge in [0.05, 0.1) is 17.9 Å².